The molecule has 7 nitrogen and oxygen atoms in total. The predicted molar refractivity (Wildman–Crippen MR) is 102 cm³/mol. The molecule has 2 aromatic heterocycles. The van der Waals surface area contributed by atoms with Crippen molar-refractivity contribution < 1.29 is 27.2 Å². The molecule has 0 aliphatic heterocycles. The minimum absolute atomic E-state index is 0.0347. The number of fused-ring (bicyclic) bond motifs is 1. The standard InChI is InChI=1S/C20H21F4N5O2/c1-10-14(17(31)27-12-3-4-26-13(5-12)16(25)30)29(28-15(10)18(2,21)22)9-19-6-11(19)7-20(23,24)8-19/h3-5,11H,6-9H2,1-2H3,(H2,25,30)(H,26,27,31). The van der Waals surface area contributed by atoms with E-state index in [-0.39, 0.29) is 47.9 Å². The van der Waals surface area contributed by atoms with Crippen LogP contribution in [0.4, 0.5) is 23.2 Å². The van der Waals surface area contributed by atoms with Gasteiger partial charge in [0.1, 0.15) is 17.1 Å². The number of pyridine rings is 1. The van der Waals surface area contributed by atoms with Crippen LogP contribution < -0.4 is 11.1 Å². The van der Waals surface area contributed by atoms with Gasteiger partial charge in [-0.3, -0.25) is 19.3 Å². The van der Waals surface area contributed by atoms with Crippen LogP contribution in [-0.4, -0.2) is 32.5 Å². The van der Waals surface area contributed by atoms with Gasteiger partial charge >= 0.3 is 0 Å². The molecule has 2 aromatic rings. The van der Waals surface area contributed by atoms with Crippen molar-refractivity contribution in [3.8, 4) is 0 Å². The van der Waals surface area contributed by atoms with Crippen molar-refractivity contribution >= 4 is 17.5 Å². The van der Waals surface area contributed by atoms with Gasteiger partial charge < -0.3 is 11.1 Å². The molecule has 0 bridgehead atoms. The topological polar surface area (TPSA) is 103 Å². The average Bonchev–Trinajstić information content (AvgIpc) is 3.01. The molecule has 31 heavy (non-hydrogen) atoms. The Morgan fingerprint density at radius 3 is 2.65 bits per heavy atom. The molecular formula is C20H21F4N5O2. The highest BCUT2D eigenvalue weighted by molar-refractivity contribution is 6.04. The summed E-state index contributed by atoms with van der Waals surface area (Å²) in [6.07, 6.45) is 1.22. The van der Waals surface area contributed by atoms with Gasteiger partial charge in [0, 0.05) is 43.8 Å². The van der Waals surface area contributed by atoms with Gasteiger partial charge in [-0.05, 0) is 36.8 Å². The fourth-order valence-electron chi connectivity index (χ4n) is 4.64. The summed E-state index contributed by atoms with van der Waals surface area (Å²) in [6, 6.07) is 2.65. The summed E-state index contributed by atoms with van der Waals surface area (Å²) in [6.45, 7) is 1.96. The Bertz CT molecular complexity index is 1080. The molecule has 2 heterocycles. The van der Waals surface area contributed by atoms with Gasteiger partial charge in [0.2, 0.25) is 5.92 Å². The number of carbonyl (C=O) groups is 2. The van der Waals surface area contributed by atoms with Crippen LogP contribution >= 0.6 is 0 Å². The number of nitrogens with zero attached hydrogens (tertiary/aromatic N) is 3. The lowest BCUT2D eigenvalue weighted by atomic mass is 10.0. The second kappa shape index (κ2) is 6.76. The summed E-state index contributed by atoms with van der Waals surface area (Å²) in [4.78, 5) is 28.1. The van der Waals surface area contributed by atoms with Crippen LogP contribution in [0.5, 0.6) is 0 Å². The fraction of sp³-hybridized carbons (Fsp3) is 0.500. The van der Waals surface area contributed by atoms with Gasteiger partial charge in [-0.25, -0.2) is 8.78 Å². The maximum Gasteiger partial charge on any atom is 0.289 e. The van der Waals surface area contributed by atoms with Crippen LogP contribution in [-0.2, 0) is 12.5 Å². The summed E-state index contributed by atoms with van der Waals surface area (Å²) in [7, 11) is 0. The number of alkyl halides is 4. The molecule has 0 aromatic carbocycles. The van der Waals surface area contributed by atoms with Crippen LogP contribution in [0, 0.1) is 18.3 Å². The van der Waals surface area contributed by atoms with Gasteiger partial charge in [0.15, 0.2) is 0 Å². The van der Waals surface area contributed by atoms with E-state index >= 15 is 0 Å². The van der Waals surface area contributed by atoms with Gasteiger partial charge in [0.25, 0.3) is 17.7 Å². The molecule has 2 fully saturated rings. The van der Waals surface area contributed by atoms with Crippen molar-refractivity contribution in [2.75, 3.05) is 5.32 Å². The minimum Gasteiger partial charge on any atom is -0.364 e. The molecular weight excluding hydrogens is 418 g/mol. The molecule has 2 unspecified atom stereocenters. The monoisotopic (exact) mass is 439 g/mol. The van der Waals surface area contributed by atoms with Crippen molar-refractivity contribution in [1.82, 2.24) is 14.8 Å². The largest absolute Gasteiger partial charge is 0.364 e. The van der Waals surface area contributed by atoms with Gasteiger partial charge in [-0.15, -0.1) is 0 Å². The van der Waals surface area contributed by atoms with Crippen molar-refractivity contribution in [2.24, 2.45) is 17.1 Å². The van der Waals surface area contributed by atoms with Crippen LogP contribution in [0.2, 0.25) is 0 Å². The normalized spacial score (nSPS) is 24.0. The van der Waals surface area contributed by atoms with Crippen LogP contribution in [0.15, 0.2) is 18.3 Å². The number of rotatable bonds is 6. The Labute approximate surface area is 175 Å². The van der Waals surface area contributed by atoms with E-state index in [2.05, 4.69) is 15.4 Å². The molecule has 3 N–H and O–H groups in total. The summed E-state index contributed by atoms with van der Waals surface area (Å²) < 4.78 is 57.0. The van der Waals surface area contributed by atoms with E-state index in [1.54, 1.807) is 0 Å². The summed E-state index contributed by atoms with van der Waals surface area (Å²) in [5.41, 5.74) is 3.79. The first-order chi connectivity index (χ1) is 14.3. The van der Waals surface area contributed by atoms with E-state index in [1.807, 2.05) is 0 Å². The number of nitrogens with two attached hydrogens (primary N) is 1. The average molecular weight is 439 g/mol. The number of nitrogens with one attached hydrogen (secondary N) is 1. The third-order valence-corrected chi connectivity index (χ3v) is 6.07. The number of anilines is 1. The highest BCUT2D eigenvalue weighted by Crippen LogP contribution is 2.68. The molecule has 2 saturated carbocycles. The Morgan fingerprint density at radius 2 is 2.06 bits per heavy atom. The van der Waals surface area contributed by atoms with Gasteiger partial charge in [0.05, 0.1) is 0 Å². The van der Waals surface area contributed by atoms with E-state index in [0.29, 0.717) is 13.3 Å². The number of hydrogen-bond donors (Lipinski definition) is 2. The van der Waals surface area contributed by atoms with Crippen molar-refractivity contribution in [2.45, 2.75) is 51.5 Å². The fourth-order valence-corrected chi connectivity index (χ4v) is 4.64. The third kappa shape index (κ3) is 3.88. The molecule has 2 aliphatic rings. The number of amides is 2. The molecule has 2 amide bonds. The van der Waals surface area contributed by atoms with Crippen molar-refractivity contribution in [1.29, 1.82) is 0 Å². The lowest BCUT2D eigenvalue weighted by Crippen LogP contribution is -2.24. The lowest BCUT2D eigenvalue weighted by Gasteiger charge is -2.17. The van der Waals surface area contributed by atoms with Crippen LogP contribution in [0.25, 0.3) is 0 Å². The Kier molecular flexibility index (Phi) is 4.64. The quantitative estimate of drug-likeness (QED) is 0.673. The Balaban J connectivity index is 1.68. The zero-order valence-electron chi connectivity index (χ0n) is 16.9. The third-order valence-electron chi connectivity index (χ3n) is 6.07. The zero-order chi connectivity index (χ0) is 22.8. The summed E-state index contributed by atoms with van der Waals surface area (Å²) >= 11 is 0. The zero-order valence-corrected chi connectivity index (χ0v) is 16.9. The van der Waals surface area contributed by atoms with Gasteiger partial charge in [-0.1, -0.05) is 0 Å². The molecule has 0 spiro atoms. The van der Waals surface area contributed by atoms with E-state index in [4.69, 9.17) is 5.73 Å². The minimum atomic E-state index is -3.32. The van der Waals surface area contributed by atoms with Crippen LogP contribution in [0.1, 0.15) is 58.4 Å². The van der Waals surface area contributed by atoms with Crippen molar-refractivity contribution in [3.05, 3.63) is 41.0 Å². The second-order valence-corrected chi connectivity index (χ2v) is 8.62. The molecule has 2 atom stereocenters. The molecule has 4 rings (SSSR count). The Hall–Kier alpha value is -2.98. The predicted octanol–water partition coefficient (Wildman–Crippen LogP) is 3.48. The number of aromatic nitrogens is 3. The number of halogens is 4. The Morgan fingerprint density at radius 1 is 1.35 bits per heavy atom. The maximum atomic E-state index is 14.1. The SMILES string of the molecule is Cc1c(C(C)(F)F)nn(CC23CC2CC(F)(F)C3)c1C(=O)Nc1ccnc(C(N)=O)c1. The second-order valence-electron chi connectivity index (χ2n) is 8.62. The first-order valence-corrected chi connectivity index (χ1v) is 9.72. The van der Waals surface area contributed by atoms with E-state index in [1.165, 1.54) is 25.3 Å². The first kappa shape index (κ1) is 21.3. The molecule has 166 valence electrons. The smallest absolute Gasteiger partial charge is 0.289 e. The van der Waals surface area contributed by atoms with Crippen LogP contribution in [0.3, 0.4) is 0 Å². The molecule has 11 heteroatoms. The highest BCUT2D eigenvalue weighted by Gasteiger charge is 2.67. The van der Waals surface area contributed by atoms with Crippen molar-refractivity contribution in [3.63, 3.8) is 0 Å². The van der Waals surface area contributed by atoms with Gasteiger partial charge in [-0.2, -0.15) is 13.9 Å². The molecule has 0 saturated heterocycles. The molecule has 2 aliphatic carbocycles. The lowest BCUT2D eigenvalue weighted by molar-refractivity contribution is -0.0120. The number of carbonyl (C=O) groups excluding carboxylic acids is 2. The van der Waals surface area contributed by atoms with E-state index < -0.39 is 34.8 Å². The summed E-state index contributed by atoms with van der Waals surface area (Å²) in [5, 5.41) is 6.47. The highest BCUT2D eigenvalue weighted by atomic mass is 19.3. The van der Waals surface area contributed by atoms with E-state index in [9.17, 15) is 27.2 Å². The molecule has 0 radical (unpaired) electrons. The summed E-state index contributed by atoms with van der Waals surface area (Å²) in [5.74, 6) is -7.88. The first-order valence-electron chi connectivity index (χ1n) is 9.72. The van der Waals surface area contributed by atoms with E-state index in [0.717, 1.165) is 4.68 Å². The number of primary amides is 1. The maximum absolute atomic E-state index is 14.1. The number of hydrogen-bond acceptors (Lipinski definition) is 4.